The van der Waals surface area contributed by atoms with E-state index in [0.29, 0.717) is 11.1 Å². The van der Waals surface area contributed by atoms with Gasteiger partial charge < -0.3 is 10.6 Å². The molecule has 2 N–H and O–H groups in total. The quantitative estimate of drug-likeness (QED) is 0.534. The van der Waals surface area contributed by atoms with Gasteiger partial charge in [-0.05, 0) is 97.6 Å². The lowest BCUT2D eigenvalue weighted by Crippen LogP contribution is -2.44. The molecular weight excluding hydrogens is 348 g/mol. The van der Waals surface area contributed by atoms with E-state index >= 15 is 0 Å². The van der Waals surface area contributed by atoms with Crippen molar-refractivity contribution in [2.45, 2.75) is 75.3 Å². The molecular formula is C16H24N2S4. The van der Waals surface area contributed by atoms with E-state index in [1.54, 1.807) is 21.6 Å². The Bertz CT molecular complexity index is 433. The summed E-state index contributed by atoms with van der Waals surface area (Å²) < 4.78 is 1.84. The van der Waals surface area contributed by atoms with E-state index in [-0.39, 0.29) is 0 Å². The predicted octanol–water partition coefficient (Wildman–Crippen LogP) is 4.78. The topological polar surface area (TPSA) is 24.1 Å². The van der Waals surface area contributed by atoms with Crippen LogP contribution in [0, 0.1) is 11.8 Å². The number of thiocarbonyl (C=S) groups is 2. The smallest absolute Gasteiger partial charge is 0.145 e. The lowest BCUT2D eigenvalue weighted by molar-refractivity contribution is 0.383. The van der Waals surface area contributed by atoms with E-state index in [9.17, 15) is 0 Å². The van der Waals surface area contributed by atoms with Crippen LogP contribution in [0.2, 0.25) is 0 Å². The van der Waals surface area contributed by atoms with Crippen LogP contribution in [0.1, 0.15) is 64.2 Å². The van der Waals surface area contributed by atoms with Crippen LogP contribution in [0.5, 0.6) is 0 Å². The Kier molecular flexibility index (Phi) is 4.42. The molecule has 4 aliphatic rings. The third-order valence-corrected chi connectivity index (χ3v) is 9.59. The zero-order valence-electron chi connectivity index (χ0n) is 12.9. The van der Waals surface area contributed by atoms with Crippen LogP contribution in [-0.2, 0) is 0 Å². The highest BCUT2D eigenvalue weighted by molar-refractivity contribution is 8.89. The summed E-state index contributed by atoms with van der Waals surface area (Å²) in [6.07, 6.45) is 13.4. The fourth-order valence-corrected chi connectivity index (χ4v) is 7.70. The van der Waals surface area contributed by atoms with Crippen LogP contribution >= 0.6 is 46.0 Å². The first-order valence-corrected chi connectivity index (χ1v) is 11.5. The lowest BCUT2D eigenvalue weighted by atomic mass is 9.94. The van der Waals surface area contributed by atoms with Crippen molar-refractivity contribution in [1.82, 2.24) is 10.6 Å². The second-order valence-corrected chi connectivity index (χ2v) is 11.3. The number of hydrogen-bond acceptors (Lipinski definition) is 4. The van der Waals surface area contributed by atoms with Crippen molar-refractivity contribution in [3.05, 3.63) is 0 Å². The van der Waals surface area contributed by atoms with E-state index in [1.165, 1.54) is 64.2 Å². The largest absolute Gasteiger partial charge is 0.365 e. The summed E-state index contributed by atoms with van der Waals surface area (Å²) >= 11 is 11.1. The van der Waals surface area contributed by atoms with E-state index in [0.717, 1.165) is 20.5 Å². The summed E-state index contributed by atoms with van der Waals surface area (Å²) in [5.74, 6) is 1.90. The summed E-state index contributed by atoms with van der Waals surface area (Å²) in [7, 11) is 3.29. The van der Waals surface area contributed by atoms with E-state index < -0.39 is 0 Å². The van der Waals surface area contributed by atoms with Crippen LogP contribution in [0.3, 0.4) is 0 Å². The highest BCUT2D eigenvalue weighted by Gasteiger charge is 2.46. The Balaban J connectivity index is 1.22. The molecule has 0 aliphatic heterocycles. The molecule has 4 rings (SSSR count). The average molecular weight is 373 g/mol. The molecule has 122 valence electrons. The van der Waals surface area contributed by atoms with Gasteiger partial charge in [-0.15, -0.1) is 0 Å². The minimum absolute atomic E-state index is 0.327. The van der Waals surface area contributed by atoms with Gasteiger partial charge in [0.05, 0.1) is 0 Å². The highest BCUT2D eigenvalue weighted by Crippen LogP contribution is 2.49. The third kappa shape index (κ3) is 3.17. The minimum atomic E-state index is 0.327. The molecule has 0 aromatic carbocycles. The van der Waals surface area contributed by atoms with E-state index in [2.05, 4.69) is 10.6 Å². The molecule has 0 radical (unpaired) electrons. The van der Waals surface area contributed by atoms with Crippen molar-refractivity contribution in [1.29, 1.82) is 0 Å². The number of rotatable bonds is 2. The SMILES string of the molecule is S=C(NC12CCC(CC1)C2)SSC(=S)NC12CCC(CC1)C2. The molecule has 0 unspecified atom stereocenters. The van der Waals surface area contributed by atoms with Gasteiger partial charge in [-0.3, -0.25) is 0 Å². The van der Waals surface area contributed by atoms with Gasteiger partial charge in [0, 0.05) is 11.1 Å². The molecule has 0 heterocycles. The van der Waals surface area contributed by atoms with Gasteiger partial charge in [0.25, 0.3) is 0 Å². The second-order valence-electron chi connectivity index (χ2n) is 7.85. The molecule has 4 bridgehead atoms. The van der Waals surface area contributed by atoms with Crippen LogP contribution in [0.4, 0.5) is 0 Å². The first-order valence-electron chi connectivity index (χ1n) is 8.55. The monoisotopic (exact) mass is 372 g/mol. The minimum Gasteiger partial charge on any atom is -0.365 e. The van der Waals surface area contributed by atoms with Crippen molar-refractivity contribution in [2.75, 3.05) is 0 Å². The fraction of sp³-hybridized carbons (Fsp3) is 0.875. The van der Waals surface area contributed by atoms with Gasteiger partial charge in [-0.1, -0.05) is 24.4 Å². The van der Waals surface area contributed by atoms with Crippen LogP contribution in [-0.4, -0.2) is 19.7 Å². The van der Waals surface area contributed by atoms with Crippen LogP contribution in [0.15, 0.2) is 0 Å². The molecule has 22 heavy (non-hydrogen) atoms. The highest BCUT2D eigenvalue weighted by atomic mass is 33.1. The Labute approximate surface area is 152 Å². The average Bonchev–Trinajstić information content (AvgIpc) is 3.24. The van der Waals surface area contributed by atoms with Crippen molar-refractivity contribution >= 4 is 54.7 Å². The predicted molar refractivity (Wildman–Crippen MR) is 105 cm³/mol. The van der Waals surface area contributed by atoms with Crippen LogP contribution in [0.25, 0.3) is 0 Å². The van der Waals surface area contributed by atoms with Gasteiger partial charge >= 0.3 is 0 Å². The Morgan fingerprint density at radius 3 is 1.36 bits per heavy atom. The molecule has 0 spiro atoms. The number of hydrogen-bond donors (Lipinski definition) is 2. The standard InChI is InChI=1S/C16H24N2S4/c19-13(17-15-5-1-11(9-15)2-6-15)21-22-14(20)18-16-7-3-12(10-16)4-8-16/h11-12H,1-10H2,(H,17,19)(H,18,20). The maximum Gasteiger partial charge on any atom is 0.145 e. The third-order valence-electron chi connectivity index (χ3n) is 6.41. The first-order chi connectivity index (χ1) is 10.6. The molecule has 6 heteroatoms. The summed E-state index contributed by atoms with van der Waals surface area (Å²) in [5, 5.41) is 7.30. The summed E-state index contributed by atoms with van der Waals surface area (Å²) in [5.41, 5.74) is 0.653. The molecule has 0 amide bonds. The molecule has 4 saturated carbocycles. The van der Waals surface area contributed by atoms with Gasteiger partial charge in [0.1, 0.15) is 8.64 Å². The molecule has 0 saturated heterocycles. The molecule has 2 nitrogen and oxygen atoms in total. The molecule has 0 aromatic rings. The molecule has 0 atom stereocenters. The van der Waals surface area contributed by atoms with Crippen molar-refractivity contribution in [3.8, 4) is 0 Å². The maximum atomic E-state index is 5.56. The maximum absolute atomic E-state index is 5.56. The molecule has 0 aromatic heterocycles. The first kappa shape index (κ1) is 16.0. The van der Waals surface area contributed by atoms with Crippen molar-refractivity contribution in [3.63, 3.8) is 0 Å². The van der Waals surface area contributed by atoms with Gasteiger partial charge in [0.15, 0.2) is 0 Å². The Morgan fingerprint density at radius 1 is 0.727 bits per heavy atom. The number of nitrogens with one attached hydrogen (secondary N) is 2. The summed E-state index contributed by atoms with van der Waals surface area (Å²) in [6.45, 7) is 0. The van der Waals surface area contributed by atoms with E-state index in [4.69, 9.17) is 24.4 Å². The van der Waals surface area contributed by atoms with E-state index in [1.807, 2.05) is 0 Å². The zero-order valence-corrected chi connectivity index (χ0v) is 16.1. The molecule has 4 aliphatic carbocycles. The number of fused-ring (bicyclic) bond motifs is 4. The van der Waals surface area contributed by atoms with Gasteiger partial charge in [-0.2, -0.15) is 0 Å². The van der Waals surface area contributed by atoms with Gasteiger partial charge in [0.2, 0.25) is 0 Å². The Morgan fingerprint density at radius 2 is 1.09 bits per heavy atom. The summed E-state index contributed by atoms with van der Waals surface area (Å²) in [4.78, 5) is 0. The fourth-order valence-electron chi connectivity index (χ4n) is 5.28. The van der Waals surface area contributed by atoms with Crippen LogP contribution < -0.4 is 10.6 Å². The molecule has 4 fully saturated rings. The zero-order chi connectivity index (χ0) is 15.2. The summed E-state index contributed by atoms with van der Waals surface area (Å²) in [6, 6.07) is 0. The second kappa shape index (κ2) is 6.08. The van der Waals surface area contributed by atoms with Crippen molar-refractivity contribution < 1.29 is 0 Å². The van der Waals surface area contributed by atoms with Gasteiger partial charge in [-0.25, -0.2) is 0 Å². The normalized spacial score (nSPS) is 41.8. The van der Waals surface area contributed by atoms with Crippen molar-refractivity contribution in [2.24, 2.45) is 11.8 Å². The lowest BCUT2D eigenvalue weighted by Gasteiger charge is -2.30. The Hall–Kier alpha value is 0.480.